The fourth-order valence-electron chi connectivity index (χ4n) is 6.84. The number of fused-ring (bicyclic) bond motifs is 5. The van der Waals surface area contributed by atoms with Gasteiger partial charge in [0.05, 0.1) is 0 Å². The van der Waals surface area contributed by atoms with E-state index in [1.807, 2.05) is 0 Å². The molecule has 1 heterocycles. The van der Waals surface area contributed by atoms with Crippen LogP contribution in [0.15, 0.2) is 188 Å². The van der Waals surface area contributed by atoms with E-state index in [1.54, 1.807) is 0 Å². The third-order valence-electron chi connectivity index (χ3n) is 9.24. The van der Waals surface area contributed by atoms with E-state index in [2.05, 4.69) is 193 Å². The summed E-state index contributed by atoms with van der Waals surface area (Å²) in [6, 6.07) is 68.4. The van der Waals surface area contributed by atoms with E-state index in [0.29, 0.717) is 14.5 Å². The van der Waals surface area contributed by atoms with Crippen LogP contribution in [-0.4, -0.2) is 14.5 Å². The molecule has 226 valence electrons. The summed E-state index contributed by atoms with van der Waals surface area (Å²) in [6.45, 7) is 0. The molecule has 1 nitrogen and oxygen atoms in total. The van der Waals surface area contributed by atoms with Crippen molar-refractivity contribution in [2.45, 2.75) is 0 Å². The number of hydrogen-bond acceptors (Lipinski definition) is 1. The van der Waals surface area contributed by atoms with Crippen LogP contribution >= 0.6 is 0 Å². The molecule has 0 bridgehead atoms. The topological polar surface area (TPSA) is 3.24 Å². The molecule has 0 aliphatic carbocycles. The average molecular weight is 677 g/mol. The quantitative estimate of drug-likeness (QED) is 0.159. The monoisotopic (exact) mass is 677 g/mol. The van der Waals surface area contributed by atoms with Gasteiger partial charge in [-0.15, -0.1) is 0 Å². The molecular formula is C46H31NSe. The Hall–Kier alpha value is -5.66. The van der Waals surface area contributed by atoms with Gasteiger partial charge < -0.3 is 0 Å². The van der Waals surface area contributed by atoms with E-state index in [-0.39, 0.29) is 0 Å². The summed E-state index contributed by atoms with van der Waals surface area (Å²) in [5, 5.41) is 5.51. The summed E-state index contributed by atoms with van der Waals surface area (Å²) in [4.78, 5) is 2.34. The predicted molar refractivity (Wildman–Crippen MR) is 207 cm³/mol. The molecule has 0 radical (unpaired) electrons. The van der Waals surface area contributed by atoms with E-state index >= 15 is 0 Å². The molecule has 0 aliphatic rings. The Morgan fingerprint density at radius 1 is 0.312 bits per heavy atom. The molecule has 48 heavy (non-hydrogen) atoms. The zero-order valence-electron chi connectivity index (χ0n) is 26.3. The van der Waals surface area contributed by atoms with Gasteiger partial charge in [0.1, 0.15) is 0 Å². The predicted octanol–water partition coefficient (Wildman–Crippen LogP) is 12.7. The van der Waals surface area contributed by atoms with Gasteiger partial charge in [0.15, 0.2) is 0 Å². The SMILES string of the molecule is c1ccc(-c2ccc(N(c3ccccc3)c3cccc(-c4cccc(-c5ccc6[se]c7c8ccccc8ccc7c6c5)c4)c3)cc2)cc1. The Kier molecular flexibility index (Phi) is 7.24. The number of benzene rings is 8. The van der Waals surface area contributed by atoms with Crippen molar-refractivity contribution in [3.05, 3.63) is 188 Å². The Morgan fingerprint density at radius 2 is 0.875 bits per heavy atom. The Bertz CT molecular complexity index is 2550. The van der Waals surface area contributed by atoms with E-state index in [9.17, 15) is 0 Å². The van der Waals surface area contributed by atoms with Crippen LogP contribution in [0.4, 0.5) is 17.1 Å². The molecule has 1 aromatic heterocycles. The first-order valence-corrected chi connectivity index (χ1v) is 18.1. The summed E-state index contributed by atoms with van der Waals surface area (Å²) in [6.07, 6.45) is 0. The fraction of sp³-hybridized carbons (Fsp3) is 0. The van der Waals surface area contributed by atoms with Crippen LogP contribution < -0.4 is 4.90 Å². The first kappa shape index (κ1) is 28.6. The third kappa shape index (κ3) is 5.22. The minimum Gasteiger partial charge on any atom is -0.0617 e. The smallest absolute Gasteiger partial charge is 0.0374 e. The normalized spacial score (nSPS) is 11.3. The number of rotatable bonds is 6. The molecule has 0 fully saturated rings. The third-order valence-corrected chi connectivity index (χ3v) is 11.8. The van der Waals surface area contributed by atoms with E-state index in [4.69, 9.17) is 0 Å². The van der Waals surface area contributed by atoms with Gasteiger partial charge in [-0.3, -0.25) is 0 Å². The van der Waals surface area contributed by atoms with Gasteiger partial charge in [-0.05, 0) is 35.4 Å². The Morgan fingerprint density at radius 3 is 1.67 bits per heavy atom. The van der Waals surface area contributed by atoms with Gasteiger partial charge in [0.25, 0.3) is 0 Å². The van der Waals surface area contributed by atoms with Crippen LogP contribution in [0.2, 0.25) is 0 Å². The van der Waals surface area contributed by atoms with Gasteiger partial charge in [0, 0.05) is 0 Å². The standard InChI is InChI=1S/C46H31NSe/c1-3-11-32(12-4-1)33-21-25-40(26-22-33)47(39-17-5-2-6-18-39)41-19-10-16-37(30-41)35-14-9-15-36(29-35)38-24-28-45-44(31-38)43-27-23-34-13-7-8-20-42(34)46(43)48-45/h1-31H. The van der Waals surface area contributed by atoms with Crippen LogP contribution in [0, 0.1) is 0 Å². The molecule has 0 atom stereocenters. The molecule has 0 N–H and O–H groups in total. The van der Waals surface area contributed by atoms with Gasteiger partial charge in [-0.1, -0.05) is 60.7 Å². The van der Waals surface area contributed by atoms with Crippen molar-refractivity contribution in [2.75, 3.05) is 4.90 Å². The minimum absolute atomic E-state index is 0.318. The molecule has 0 spiro atoms. The minimum atomic E-state index is 0.318. The van der Waals surface area contributed by atoms with E-state index in [0.717, 1.165) is 17.1 Å². The molecule has 0 unspecified atom stereocenters. The van der Waals surface area contributed by atoms with Gasteiger partial charge in [-0.2, -0.15) is 0 Å². The van der Waals surface area contributed by atoms with Crippen molar-refractivity contribution >= 4 is 61.6 Å². The van der Waals surface area contributed by atoms with Crippen molar-refractivity contribution in [1.82, 2.24) is 0 Å². The molecule has 9 rings (SSSR count). The second-order valence-electron chi connectivity index (χ2n) is 12.2. The van der Waals surface area contributed by atoms with Crippen molar-refractivity contribution < 1.29 is 0 Å². The number of anilines is 3. The van der Waals surface area contributed by atoms with Gasteiger partial charge in [0.2, 0.25) is 0 Å². The summed E-state index contributed by atoms with van der Waals surface area (Å²) in [5.41, 5.74) is 10.7. The van der Waals surface area contributed by atoms with Crippen LogP contribution in [0.1, 0.15) is 0 Å². The molecule has 8 aromatic carbocycles. The summed E-state index contributed by atoms with van der Waals surface area (Å²) in [5.74, 6) is 0. The summed E-state index contributed by atoms with van der Waals surface area (Å²) < 4.78 is 2.98. The van der Waals surface area contributed by atoms with Crippen LogP contribution in [0.25, 0.3) is 63.4 Å². The fourth-order valence-corrected chi connectivity index (χ4v) is 9.40. The van der Waals surface area contributed by atoms with Crippen LogP contribution in [0.3, 0.4) is 0 Å². The Balaban J connectivity index is 1.09. The largest absolute Gasteiger partial charge is 0.0617 e. The van der Waals surface area contributed by atoms with E-state index in [1.165, 1.54) is 63.4 Å². The summed E-state index contributed by atoms with van der Waals surface area (Å²) in [7, 11) is 0. The van der Waals surface area contributed by atoms with Gasteiger partial charge in [-0.25, -0.2) is 0 Å². The molecule has 0 saturated heterocycles. The number of nitrogens with zero attached hydrogens (tertiary/aromatic N) is 1. The van der Waals surface area contributed by atoms with Crippen molar-refractivity contribution in [1.29, 1.82) is 0 Å². The maximum absolute atomic E-state index is 2.41. The maximum atomic E-state index is 2.41. The molecular weight excluding hydrogens is 645 g/mol. The second-order valence-corrected chi connectivity index (χ2v) is 14.4. The zero-order valence-corrected chi connectivity index (χ0v) is 28.0. The van der Waals surface area contributed by atoms with E-state index < -0.39 is 0 Å². The maximum Gasteiger partial charge on any atom is -0.0374 e. The molecule has 2 heteroatoms. The van der Waals surface area contributed by atoms with Crippen molar-refractivity contribution in [2.24, 2.45) is 0 Å². The average Bonchev–Trinajstić information content (AvgIpc) is 3.55. The first-order chi connectivity index (χ1) is 23.8. The number of para-hydroxylation sites is 1. The first-order valence-electron chi connectivity index (χ1n) is 16.3. The zero-order chi connectivity index (χ0) is 31.9. The number of hydrogen-bond donors (Lipinski definition) is 0. The van der Waals surface area contributed by atoms with Crippen molar-refractivity contribution in [3.8, 4) is 33.4 Å². The molecule has 9 aromatic rings. The van der Waals surface area contributed by atoms with Crippen molar-refractivity contribution in [3.63, 3.8) is 0 Å². The molecule has 0 amide bonds. The molecule has 0 saturated carbocycles. The molecule has 0 aliphatic heterocycles. The van der Waals surface area contributed by atoms with Crippen LogP contribution in [-0.2, 0) is 0 Å². The summed E-state index contributed by atoms with van der Waals surface area (Å²) >= 11 is 0.318. The Labute approximate surface area is 286 Å². The second kappa shape index (κ2) is 12.2. The van der Waals surface area contributed by atoms with Crippen LogP contribution in [0.5, 0.6) is 0 Å². The van der Waals surface area contributed by atoms with Gasteiger partial charge >= 0.3 is 192 Å².